The number of aliphatic hydroxyl groups excluding tert-OH is 6. The fraction of sp³-hybridized carbons (Fsp3) is 0.424. The number of aliphatic carboxylic acids is 1. The number of hydrogen-bond donors (Lipinski definition) is 20. The molecule has 2 fully saturated rings. The number of amidine groups is 1. The number of carboxylic acid groups (broad SMARTS) is 1. The summed E-state index contributed by atoms with van der Waals surface area (Å²) in [6.45, 7) is 5.71. The molecule has 0 radical (unpaired) electrons. The molecule has 0 saturated carbocycles. The number of carboxylic acids is 1. The Morgan fingerprint density at radius 1 is 0.743 bits per heavy atom. The molecule has 12 rings (SSSR count). The summed E-state index contributed by atoms with van der Waals surface area (Å²) in [5.41, 5.74) is 8.39. The van der Waals surface area contributed by atoms with Gasteiger partial charge in [0.25, 0.3) is 0 Å². The molecule has 0 aromatic heterocycles. The molecule has 5 aromatic carbocycles. The molecular weight excluding hydrogens is 1370 g/mol. The largest absolute Gasteiger partial charge is 0.508 e. The van der Waals surface area contributed by atoms with Crippen LogP contribution in [0.4, 0.5) is 0 Å². The van der Waals surface area contributed by atoms with Crippen LogP contribution < -0.4 is 62.9 Å². The average molecular weight is 1450 g/mol. The van der Waals surface area contributed by atoms with E-state index in [0.717, 1.165) is 66.7 Å². The third-order valence-corrected chi connectivity index (χ3v) is 18.4. The van der Waals surface area contributed by atoms with Crippen molar-refractivity contribution < 1.29 is 113 Å². The quantitative estimate of drug-likeness (QED) is 0.0765. The number of phenols is 3. The van der Waals surface area contributed by atoms with Gasteiger partial charge in [0.15, 0.2) is 29.9 Å². The van der Waals surface area contributed by atoms with Crippen LogP contribution in [-0.4, -0.2) is 191 Å². The highest BCUT2D eigenvalue weighted by atomic mass is 35.5. The molecule has 5 aromatic rings. The van der Waals surface area contributed by atoms with Crippen molar-refractivity contribution in [2.75, 3.05) is 13.7 Å². The number of hydrogen-bond acceptors (Lipinski definition) is 25. The average Bonchev–Trinajstić information content (AvgIpc) is 0.775. The lowest BCUT2D eigenvalue weighted by atomic mass is 9.86. The number of primary amides is 1. The summed E-state index contributed by atoms with van der Waals surface area (Å²) in [5, 5.41) is 141. The number of phenolic OH excluding ortho intramolecular Hbond substituents is 3. The summed E-state index contributed by atoms with van der Waals surface area (Å²) in [6.07, 6.45) is -18.3. The summed E-state index contributed by atoms with van der Waals surface area (Å²) in [6, 6.07) is 0.305. The van der Waals surface area contributed by atoms with Crippen molar-refractivity contribution in [2.24, 2.45) is 17.4 Å². The minimum absolute atomic E-state index is 0.0873. The predicted molar refractivity (Wildman–Crippen MR) is 352 cm³/mol. The fourth-order valence-electron chi connectivity index (χ4n) is 12.5. The zero-order valence-electron chi connectivity index (χ0n) is 54.4. The molecule has 7 aliphatic rings. The normalized spacial score (nSPS) is 29.4. The number of aromatic hydroxyl groups is 3. The number of rotatable bonds is 13. The van der Waals surface area contributed by atoms with E-state index in [0.29, 0.717) is 0 Å². The van der Waals surface area contributed by atoms with Crippen LogP contribution in [0.3, 0.4) is 0 Å². The maximum Gasteiger partial charge on any atom is 0.330 e. The van der Waals surface area contributed by atoms with Gasteiger partial charge >= 0.3 is 5.97 Å². The van der Waals surface area contributed by atoms with Gasteiger partial charge in [-0.2, -0.15) is 0 Å². The topological polar surface area (TPSA) is 537 Å². The number of likely N-dealkylation sites (N-methyl/N-ethyl adjacent to an activating group) is 1. The molecule has 542 valence electrons. The number of nitrogens with two attached hydrogens (primary N) is 2. The smallest absolute Gasteiger partial charge is 0.330 e. The molecule has 5 unspecified atom stereocenters. The first-order valence-electron chi connectivity index (χ1n) is 31.7. The highest BCUT2D eigenvalue weighted by molar-refractivity contribution is 6.32. The SMILES string of the molecule is CN[C@H](CC(C)C)C(=O)N[C@H]1C(=O)N[C@@H](CC(N)=O)C(=O)N[C@H]2C(=N)N[C@H]3C(=O)N[C@H](C(=O)N[C@H](C(=O)O)c4cc(O)cc(O)c4-c4cc3ccc4O)[C@H](O)c3ccc(c(Cl)c3)Oc3cc2cc(c3O[C@H]2OC(CO)C(O)[C@H](O)C2O[C@H]2CC(C)(N)[C@H](O)C(C)O2)Oc2ccc(cc2Cl)[C@H]1O. The van der Waals surface area contributed by atoms with Gasteiger partial charge in [0, 0.05) is 34.7 Å². The Bertz CT molecular complexity index is 4080. The van der Waals surface area contributed by atoms with Crippen LogP contribution in [0.25, 0.3) is 11.1 Å². The summed E-state index contributed by atoms with van der Waals surface area (Å²) < 4.78 is 38.5. The third-order valence-electron chi connectivity index (χ3n) is 17.8. The Morgan fingerprint density at radius 3 is 1.96 bits per heavy atom. The molecule has 18 atom stereocenters. The van der Waals surface area contributed by atoms with Crippen molar-refractivity contribution in [3.8, 4) is 57.1 Å². The second-order valence-electron chi connectivity index (χ2n) is 25.8. The molecule has 7 heterocycles. The Labute approximate surface area is 584 Å². The first-order chi connectivity index (χ1) is 47.7. The number of ether oxygens (including phenoxy) is 6. The van der Waals surface area contributed by atoms with Gasteiger partial charge in [-0.15, -0.1) is 0 Å². The van der Waals surface area contributed by atoms with Crippen LogP contribution in [-0.2, 0) is 47.8 Å². The van der Waals surface area contributed by atoms with E-state index in [9.17, 15) is 80.4 Å². The number of amides is 6. The van der Waals surface area contributed by atoms with E-state index in [4.69, 9.17) is 63.1 Å². The van der Waals surface area contributed by atoms with E-state index < -0.39 is 226 Å². The van der Waals surface area contributed by atoms with Crippen LogP contribution in [0.5, 0.6) is 46.0 Å². The first kappa shape index (κ1) is 74.5. The maximum atomic E-state index is 15.4. The van der Waals surface area contributed by atoms with E-state index in [2.05, 4.69) is 37.2 Å². The van der Waals surface area contributed by atoms with E-state index >= 15 is 9.59 Å². The van der Waals surface area contributed by atoms with Crippen molar-refractivity contribution in [2.45, 2.75) is 156 Å². The monoisotopic (exact) mass is 1450 g/mol. The van der Waals surface area contributed by atoms with Gasteiger partial charge in [-0.3, -0.25) is 34.2 Å². The lowest BCUT2D eigenvalue weighted by Gasteiger charge is -2.47. The molecule has 35 heteroatoms. The molecule has 0 aliphatic carbocycles. The summed E-state index contributed by atoms with van der Waals surface area (Å²) in [4.78, 5) is 101. The van der Waals surface area contributed by atoms with Crippen LogP contribution in [0.2, 0.25) is 10.0 Å². The highest BCUT2D eigenvalue weighted by Crippen LogP contribution is 2.50. The van der Waals surface area contributed by atoms with Gasteiger partial charge in [0.1, 0.15) is 95.3 Å². The summed E-state index contributed by atoms with van der Waals surface area (Å²) >= 11 is 14.1. The standard InChI is InChI=1S/C66H76Cl2N10O23/c1-23(2)12-34(72-5)59(89)77-49-51(84)26-7-10-38(32(67)14-26)97-40-16-28-17-41(55(40)101-65-56(54(87)53(86)42(22-79)99-65)100-44-21-66(4,71)57(88)24(3)96-44)98-39-11-8-27(15-33(39)68)52(85)50-63(93)76-48(64(94)95)31-18-29(80)19-37(82)45(31)30-13-25(6-9-36(30)81)47(61(91)78-50)74-58(70)46(28)75-60(90)35(20-43(69)83)73-62(49)92/h6-11,13-19,23-24,34-35,42,44,46-54,56-57,65,72,79-82,84-88H,12,20-22,71H2,1-5H3,(H2,69,83)(H2,70,74)(H,73,92)(H,75,90)(H,76,93)(H,77,89)(H,78,91)(H,94,95)/t24?,34-,35+,42?,44+,46-,47-,48+,49-,50+,51-,52-,53?,54+,56?,57-,65-,66?/m1/s1. The Kier molecular flexibility index (Phi) is 22.2. The minimum atomic E-state index is -2.25. The van der Waals surface area contributed by atoms with Gasteiger partial charge in [0.05, 0.1) is 41.3 Å². The number of fused-ring (bicyclic) bond motifs is 15. The molecule has 33 nitrogen and oxygen atoms in total. The molecule has 11 bridgehead atoms. The van der Waals surface area contributed by atoms with Crippen LogP contribution in [0.15, 0.2) is 78.9 Å². The van der Waals surface area contributed by atoms with Gasteiger partial charge in [0.2, 0.25) is 47.5 Å². The zero-order chi connectivity index (χ0) is 73.5. The van der Waals surface area contributed by atoms with E-state index in [-0.39, 0.29) is 57.5 Å². The molecular formula is C66H76Cl2N10O23. The Morgan fingerprint density at radius 2 is 1.38 bits per heavy atom. The minimum Gasteiger partial charge on any atom is -0.508 e. The van der Waals surface area contributed by atoms with Crippen molar-refractivity contribution in [3.05, 3.63) is 117 Å². The predicted octanol–water partition coefficient (Wildman–Crippen LogP) is 0.557. The summed E-state index contributed by atoms with van der Waals surface area (Å²) in [5.74, 6) is -14.9. The van der Waals surface area contributed by atoms with Gasteiger partial charge in [-0.25, -0.2) is 4.79 Å². The molecule has 7 aliphatic heterocycles. The fourth-order valence-corrected chi connectivity index (χ4v) is 13.0. The molecule has 0 spiro atoms. The number of benzene rings is 5. The summed E-state index contributed by atoms with van der Waals surface area (Å²) in [7, 11) is 1.48. The number of aliphatic hydroxyl groups is 6. The second kappa shape index (κ2) is 30.2. The molecule has 22 N–H and O–H groups in total. The van der Waals surface area contributed by atoms with Crippen molar-refractivity contribution in [1.29, 1.82) is 5.41 Å². The van der Waals surface area contributed by atoms with E-state index in [1.807, 2.05) is 13.8 Å². The molecule has 101 heavy (non-hydrogen) atoms. The van der Waals surface area contributed by atoms with Crippen LogP contribution >= 0.6 is 23.2 Å². The molecule has 6 amide bonds. The number of carbonyl (C=O) groups is 7. The van der Waals surface area contributed by atoms with Crippen LogP contribution in [0, 0.1) is 11.3 Å². The van der Waals surface area contributed by atoms with Crippen molar-refractivity contribution in [1.82, 2.24) is 37.2 Å². The van der Waals surface area contributed by atoms with Crippen LogP contribution in [0.1, 0.15) is 105 Å². The van der Waals surface area contributed by atoms with E-state index in [1.165, 1.54) is 33.0 Å². The Balaban J connectivity index is 1.24. The second-order valence-corrected chi connectivity index (χ2v) is 26.6. The maximum absolute atomic E-state index is 15.4. The zero-order valence-corrected chi connectivity index (χ0v) is 55.9. The van der Waals surface area contributed by atoms with Crippen molar-refractivity contribution >= 4 is 70.4 Å². The van der Waals surface area contributed by atoms with Gasteiger partial charge in [-0.05, 0) is 110 Å². The lowest BCUT2D eigenvalue weighted by Crippen LogP contribution is -2.64. The first-order valence-corrected chi connectivity index (χ1v) is 32.4. The third kappa shape index (κ3) is 15.8. The Hall–Kier alpha value is -9.20. The molecule has 2 saturated heterocycles. The highest BCUT2D eigenvalue weighted by Gasteiger charge is 2.51. The number of halogens is 2. The van der Waals surface area contributed by atoms with Crippen molar-refractivity contribution in [3.63, 3.8) is 0 Å². The van der Waals surface area contributed by atoms with Gasteiger partial charge < -0.3 is 128 Å². The number of carbonyl (C=O) groups excluding carboxylic acids is 6. The lowest BCUT2D eigenvalue weighted by molar-refractivity contribution is -0.333. The number of nitrogens with one attached hydrogen (secondary N) is 8. The van der Waals surface area contributed by atoms with E-state index in [1.54, 1.807) is 0 Å². The van der Waals surface area contributed by atoms with Gasteiger partial charge in [-0.1, -0.05) is 55.2 Å².